The van der Waals surface area contributed by atoms with Gasteiger partial charge in [0.1, 0.15) is 0 Å². The monoisotopic (exact) mass is 319 g/mol. The minimum absolute atomic E-state index is 0. The molecule has 1 saturated carbocycles. The van der Waals surface area contributed by atoms with Crippen LogP contribution in [0.1, 0.15) is 49.3 Å². The van der Waals surface area contributed by atoms with Crippen LogP contribution in [0.4, 0.5) is 0 Å². The Bertz CT molecular complexity index is 622. The van der Waals surface area contributed by atoms with E-state index >= 15 is 0 Å². The normalized spacial score (nSPS) is 18.7. The van der Waals surface area contributed by atoms with E-state index in [1.807, 2.05) is 6.07 Å². The molecule has 0 unspecified atom stereocenters. The zero-order chi connectivity index (χ0) is 14.8. The van der Waals surface area contributed by atoms with Crippen LogP contribution in [0.3, 0.4) is 0 Å². The number of aliphatic hydroxyl groups is 1. The SMILES string of the molecule is Cc1ccc([C@H](N)[C@H](O)C2CCCCC2)c2ccccc12.Cl. The molecule has 0 saturated heterocycles. The molecule has 2 aromatic rings. The van der Waals surface area contributed by atoms with Gasteiger partial charge < -0.3 is 10.8 Å². The average molecular weight is 320 g/mol. The molecule has 3 N–H and O–H groups in total. The van der Waals surface area contributed by atoms with Crippen LogP contribution in [-0.4, -0.2) is 11.2 Å². The summed E-state index contributed by atoms with van der Waals surface area (Å²) in [5.41, 5.74) is 8.77. The summed E-state index contributed by atoms with van der Waals surface area (Å²) in [7, 11) is 0. The molecule has 3 heteroatoms. The molecule has 1 aliphatic rings. The smallest absolute Gasteiger partial charge is 0.0761 e. The van der Waals surface area contributed by atoms with E-state index in [1.54, 1.807) is 0 Å². The van der Waals surface area contributed by atoms with E-state index in [4.69, 9.17) is 5.73 Å². The first kappa shape index (κ1) is 17.3. The Morgan fingerprint density at radius 3 is 2.32 bits per heavy atom. The molecule has 0 bridgehead atoms. The summed E-state index contributed by atoms with van der Waals surface area (Å²) in [4.78, 5) is 0. The number of aliphatic hydroxyl groups excluding tert-OH is 1. The largest absolute Gasteiger partial charge is 0.391 e. The van der Waals surface area contributed by atoms with Crippen LogP contribution in [0.25, 0.3) is 10.8 Å². The van der Waals surface area contributed by atoms with E-state index in [9.17, 15) is 5.11 Å². The average Bonchev–Trinajstić information content (AvgIpc) is 2.55. The summed E-state index contributed by atoms with van der Waals surface area (Å²) >= 11 is 0. The molecule has 0 radical (unpaired) electrons. The van der Waals surface area contributed by atoms with Gasteiger partial charge in [0.15, 0.2) is 0 Å². The quantitative estimate of drug-likeness (QED) is 0.874. The third-order valence-electron chi connectivity index (χ3n) is 5.04. The van der Waals surface area contributed by atoms with Crippen LogP contribution < -0.4 is 5.73 Å². The van der Waals surface area contributed by atoms with Gasteiger partial charge in [0, 0.05) is 0 Å². The number of nitrogens with two attached hydrogens (primary N) is 1. The molecule has 0 spiro atoms. The van der Waals surface area contributed by atoms with Gasteiger partial charge in [-0.15, -0.1) is 12.4 Å². The molecule has 1 fully saturated rings. The van der Waals surface area contributed by atoms with Crippen molar-refractivity contribution in [3.8, 4) is 0 Å². The van der Waals surface area contributed by atoms with Crippen molar-refractivity contribution >= 4 is 23.2 Å². The van der Waals surface area contributed by atoms with Crippen molar-refractivity contribution in [3.05, 3.63) is 47.5 Å². The Morgan fingerprint density at radius 2 is 1.64 bits per heavy atom. The van der Waals surface area contributed by atoms with Crippen LogP contribution in [0.15, 0.2) is 36.4 Å². The topological polar surface area (TPSA) is 46.2 Å². The first-order valence-electron chi connectivity index (χ1n) is 8.10. The molecule has 0 aromatic heterocycles. The van der Waals surface area contributed by atoms with Crippen molar-refractivity contribution in [1.29, 1.82) is 0 Å². The second kappa shape index (κ2) is 7.45. The molecule has 2 nitrogen and oxygen atoms in total. The molecule has 0 heterocycles. The Kier molecular flexibility index (Phi) is 5.85. The van der Waals surface area contributed by atoms with Crippen molar-refractivity contribution in [2.75, 3.05) is 0 Å². The predicted octanol–water partition coefficient (Wildman–Crippen LogP) is 4.51. The maximum Gasteiger partial charge on any atom is 0.0761 e. The summed E-state index contributed by atoms with van der Waals surface area (Å²) in [5.74, 6) is 0.355. The highest BCUT2D eigenvalue weighted by molar-refractivity contribution is 5.89. The highest BCUT2D eigenvalue weighted by atomic mass is 35.5. The van der Waals surface area contributed by atoms with Crippen molar-refractivity contribution in [2.24, 2.45) is 11.7 Å². The fourth-order valence-electron chi connectivity index (χ4n) is 3.72. The van der Waals surface area contributed by atoms with Gasteiger partial charge in [-0.2, -0.15) is 0 Å². The van der Waals surface area contributed by atoms with Crippen molar-refractivity contribution in [3.63, 3.8) is 0 Å². The fourth-order valence-corrected chi connectivity index (χ4v) is 3.72. The second-order valence-electron chi connectivity index (χ2n) is 6.43. The van der Waals surface area contributed by atoms with E-state index in [0.717, 1.165) is 18.4 Å². The summed E-state index contributed by atoms with van der Waals surface area (Å²) in [6.45, 7) is 2.12. The summed E-state index contributed by atoms with van der Waals surface area (Å²) < 4.78 is 0. The van der Waals surface area contributed by atoms with E-state index in [2.05, 4.69) is 37.3 Å². The number of rotatable bonds is 3. The van der Waals surface area contributed by atoms with E-state index in [0.29, 0.717) is 5.92 Å². The highest BCUT2D eigenvalue weighted by Gasteiger charge is 2.28. The highest BCUT2D eigenvalue weighted by Crippen LogP contribution is 2.34. The first-order valence-corrected chi connectivity index (χ1v) is 8.10. The van der Waals surface area contributed by atoms with E-state index in [-0.39, 0.29) is 18.4 Å². The Hall–Kier alpha value is -1.09. The van der Waals surface area contributed by atoms with Gasteiger partial charge in [0.05, 0.1) is 12.1 Å². The van der Waals surface area contributed by atoms with Gasteiger partial charge in [0.2, 0.25) is 0 Å². The van der Waals surface area contributed by atoms with Gasteiger partial charge >= 0.3 is 0 Å². The molecule has 0 amide bonds. The van der Waals surface area contributed by atoms with E-state index < -0.39 is 6.10 Å². The fraction of sp³-hybridized carbons (Fsp3) is 0.474. The lowest BCUT2D eigenvalue weighted by molar-refractivity contribution is 0.0622. The van der Waals surface area contributed by atoms with Crippen LogP contribution in [-0.2, 0) is 0 Å². The Balaban J connectivity index is 0.00000176. The molecular weight excluding hydrogens is 294 g/mol. The van der Waals surface area contributed by atoms with Gasteiger partial charge in [0.25, 0.3) is 0 Å². The number of hydrogen-bond acceptors (Lipinski definition) is 2. The Morgan fingerprint density at radius 1 is 1.00 bits per heavy atom. The van der Waals surface area contributed by atoms with Gasteiger partial charge in [-0.3, -0.25) is 0 Å². The molecule has 3 rings (SSSR count). The van der Waals surface area contributed by atoms with Crippen LogP contribution in [0.2, 0.25) is 0 Å². The van der Waals surface area contributed by atoms with Crippen LogP contribution >= 0.6 is 12.4 Å². The lowest BCUT2D eigenvalue weighted by atomic mass is 9.80. The molecule has 120 valence electrons. The second-order valence-corrected chi connectivity index (χ2v) is 6.43. The van der Waals surface area contributed by atoms with Crippen molar-refractivity contribution in [1.82, 2.24) is 0 Å². The third-order valence-corrected chi connectivity index (χ3v) is 5.04. The number of hydrogen-bond donors (Lipinski definition) is 2. The van der Waals surface area contributed by atoms with Crippen molar-refractivity contribution in [2.45, 2.75) is 51.2 Å². The molecule has 22 heavy (non-hydrogen) atoms. The molecule has 2 atom stereocenters. The van der Waals surface area contributed by atoms with Crippen molar-refractivity contribution < 1.29 is 5.11 Å². The zero-order valence-corrected chi connectivity index (χ0v) is 14.0. The van der Waals surface area contributed by atoms with Gasteiger partial charge in [-0.1, -0.05) is 55.7 Å². The van der Waals surface area contributed by atoms with Crippen LogP contribution in [0, 0.1) is 12.8 Å². The first-order chi connectivity index (χ1) is 10.2. The molecule has 2 aromatic carbocycles. The number of halogens is 1. The van der Waals surface area contributed by atoms with E-state index in [1.165, 1.54) is 35.6 Å². The maximum atomic E-state index is 10.7. The van der Waals surface area contributed by atoms with Crippen LogP contribution in [0.5, 0.6) is 0 Å². The predicted molar refractivity (Wildman–Crippen MR) is 95.4 cm³/mol. The molecular formula is C19H26ClNO. The van der Waals surface area contributed by atoms with Gasteiger partial charge in [-0.25, -0.2) is 0 Å². The van der Waals surface area contributed by atoms with Gasteiger partial charge in [-0.05, 0) is 47.6 Å². The summed E-state index contributed by atoms with van der Waals surface area (Å²) in [6, 6.07) is 12.3. The molecule has 1 aliphatic carbocycles. The lowest BCUT2D eigenvalue weighted by Gasteiger charge is -2.31. The summed E-state index contributed by atoms with van der Waals surface area (Å²) in [6.07, 6.45) is 5.53. The third kappa shape index (κ3) is 3.29. The minimum atomic E-state index is -0.434. The number of fused-ring (bicyclic) bond motifs is 1. The summed E-state index contributed by atoms with van der Waals surface area (Å²) in [5, 5.41) is 13.1. The maximum absolute atomic E-state index is 10.7. The molecule has 0 aliphatic heterocycles. The number of aryl methyl sites for hydroxylation is 1. The Labute approximate surface area is 139 Å². The number of benzene rings is 2. The standard InChI is InChI=1S/C19H25NO.ClH/c1-13-11-12-17(16-10-6-5-9-15(13)16)18(20)19(21)14-7-3-2-4-8-14;/h5-6,9-12,14,18-19,21H,2-4,7-8,20H2,1H3;1H/t18-,19+;/m0./s1. The zero-order valence-electron chi connectivity index (χ0n) is 13.2. The minimum Gasteiger partial charge on any atom is -0.391 e. The lowest BCUT2D eigenvalue weighted by Crippen LogP contribution is -2.34.